The van der Waals surface area contributed by atoms with Crippen LogP contribution in [-0.4, -0.2) is 21.5 Å². The molecule has 0 saturated heterocycles. The van der Waals surface area contributed by atoms with Crippen LogP contribution in [0.4, 0.5) is 0 Å². The first kappa shape index (κ1) is 14.6. The third-order valence-electron chi connectivity index (χ3n) is 4.12. The summed E-state index contributed by atoms with van der Waals surface area (Å²) >= 11 is 3.33. The van der Waals surface area contributed by atoms with E-state index in [-0.39, 0.29) is 0 Å². The van der Waals surface area contributed by atoms with Crippen LogP contribution in [0.3, 0.4) is 0 Å². The maximum absolute atomic E-state index is 5.27. The SMILES string of the molecule is COc1ccc(-c2nc3sccn3c2-c2nc3ccccc3s2)cc1. The molecule has 3 aromatic heterocycles. The quantitative estimate of drug-likeness (QED) is 0.434. The molecule has 0 aliphatic rings. The van der Waals surface area contributed by atoms with Crippen molar-refractivity contribution in [2.75, 3.05) is 7.11 Å². The number of thiazole rings is 2. The minimum absolute atomic E-state index is 0.839. The van der Waals surface area contributed by atoms with Crippen molar-refractivity contribution >= 4 is 37.9 Å². The summed E-state index contributed by atoms with van der Waals surface area (Å²) in [4.78, 5) is 10.7. The van der Waals surface area contributed by atoms with E-state index in [1.807, 2.05) is 42.5 Å². The minimum Gasteiger partial charge on any atom is -0.497 e. The van der Waals surface area contributed by atoms with E-state index in [0.717, 1.165) is 38.2 Å². The summed E-state index contributed by atoms with van der Waals surface area (Å²) in [5, 5.41) is 3.04. The van der Waals surface area contributed by atoms with E-state index in [0.29, 0.717) is 0 Å². The lowest BCUT2D eigenvalue weighted by Gasteiger charge is -2.03. The minimum atomic E-state index is 0.839. The number of aromatic nitrogens is 3. The summed E-state index contributed by atoms with van der Waals surface area (Å²) in [5.41, 5.74) is 4.08. The Morgan fingerprint density at radius 1 is 1.00 bits per heavy atom. The molecule has 0 bridgehead atoms. The number of methoxy groups -OCH3 is 1. The van der Waals surface area contributed by atoms with E-state index in [9.17, 15) is 0 Å². The van der Waals surface area contributed by atoms with E-state index < -0.39 is 0 Å². The summed E-state index contributed by atoms with van der Waals surface area (Å²) in [5.74, 6) is 0.839. The molecule has 0 atom stereocenters. The number of fused-ring (bicyclic) bond motifs is 2. The lowest BCUT2D eigenvalue weighted by molar-refractivity contribution is 0.415. The summed E-state index contributed by atoms with van der Waals surface area (Å²) in [6, 6.07) is 16.2. The van der Waals surface area contributed by atoms with Gasteiger partial charge in [0.25, 0.3) is 0 Å². The topological polar surface area (TPSA) is 39.4 Å². The van der Waals surface area contributed by atoms with E-state index in [2.05, 4.69) is 22.0 Å². The van der Waals surface area contributed by atoms with Gasteiger partial charge in [-0.3, -0.25) is 4.40 Å². The number of hydrogen-bond acceptors (Lipinski definition) is 5. The molecule has 0 N–H and O–H groups in total. The molecular formula is C19H13N3OS2. The molecule has 6 heteroatoms. The second-order valence-electron chi connectivity index (χ2n) is 5.58. The molecule has 0 fully saturated rings. The monoisotopic (exact) mass is 363 g/mol. The number of nitrogens with zero attached hydrogens (tertiary/aromatic N) is 3. The third kappa shape index (κ3) is 2.33. The van der Waals surface area contributed by atoms with Crippen LogP contribution in [0.25, 0.3) is 37.1 Å². The van der Waals surface area contributed by atoms with Gasteiger partial charge in [-0.15, -0.1) is 22.7 Å². The van der Waals surface area contributed by atoms with Crippen molar-refractivity contribution in [3.63, 3.8) is 0 Å². The zero-order valence-electron chi connectivity index (χ0n) is 13.3. The predicted molar refractivity (Wildman–Crippen MR) is 104 cm³/mol. The molecule has 5 rings (SSSR count). The number of imidazole rings is 1. The van der Waals surface area contributed by atoms with Gasteiger partial charge in [-0.1, -0.05) is 12.1 Å². The number of ether oxygens (including phenoxy) is 1. The van der Waals surface area contributed by atoms with Crippen LogP contribution in [-0.2, 0) is 0 Å². The maximum Gasteiger partial charge on any atom is 0.194 e. The first-order chi connectivity index (χ1) is 12.3. The van der Waals surface area contributed by atoms with Gasteiger partial charge in [0.2, 0.25) is 0 Å². The fourth-order valence-electron chi connectivity index (χ4n) is 2.91. The average Bonchev–Trinajstić information content (AvgIpc) is 3.34. The average molecular weight is 363 g/mol. The smallest absolute Gasteiger partial charge is 0.194 e. The van der Waals surface area contributed by atoms with Crippen molar-refractivity contribution in [1.29, 1.82) is 0 Å². The molecule has 0 unspecified atom stereocenters. The van der Waals surface area contributed by atoms with Crippen LogP contribution in [0.2, 0.25) is 0 Å². The van der Waals surface area contributed by atoms with E-state index in [4.69, 9.17) is 14.7 Å². The van der Waals surface area contributed by atoms with Crippen molar-refractivity contribution in [3.8, 4) is 27.7 Å². The zero-order chi connectivity index (χ0) is 16.8. The van der Waals surface area contributed by atoms with E-state index in [1.54, 1.807) is 29.8 Å². The van der Waals surface area contributed by atoms with Gasteiger partial charge < -0.3 is 4.74 Å². The van der Waals surface area contributed by atoms with Crippen LogP contribution < -0.4 is 4.74 Å². The molecule has 0 amide bonds. The highest BCUT2D eigenvalue weighted by molar-refractivity contribution is 7.21. The van der Waals surface area contributed by atoms with E-state index in [1.165, 1.54) is 4.70 Å². The Bertz CT molecular complexity index is 1150. The van der Waals surface area contributed by atoms with Crippen molar-refractivity contribution < 1.29 is 4.74 Å². The summed E-state index contributed by atoms with van der Waals surface area (Å²) in [7, 11) is 1.67. The Labute approximate surface area is 152 Å². The van der Waals surface area contributed by atoms with Gasteiger partial charge in [0.15, 0.2) is 4.96 Å². The zero-order valence-corrected chi connectivity index (χ0v) is 15.0. The summed E-state index contributed by atoms with van der Waals surface area (Å²) < 4.78 is 8.58. The molecule has 4 nitrogen and oxygen atoms in total. The van der Waals surface area contributed by atoms with Crippen molar-refractivity contribution in [3.05, 3.63) is 60.1 Å². The highest BCUT2D eigenvalue weighted by Crippen LogP contribution is 2.38. The van der Waals surface area contributed by atoms with Crippen LogP contribution in [0, 0.1) is 0 Å². The van der Waals surface area contributed by atoms with Crippen molar-refractivity contribution in [2.45, 2.75) is 0 Å². The van der Waals surface area contributed by atoms with Crippen LogP contribution in [0.5, 0.6) is 5.75 Å². The van der Waals surface area contributed by atoms with Crippen molar-refractivity contribution in [2.24, 2.45) is 0 Å². The Morgan fingerprint density at radius 2 is 1.84 bits per heavy atom. The Morgan fingerprint density at radius 3 is 2.64 bits per heavy atom. The Balaban J connectivity index is 1.76. The second kappa shape index (κ2) is 5.68. The van der Waals surface area contributed by atoms with Gasteiger partial charge >= 0.3 is 0 Å². The van der Waals surface area contributed by atoms with Gasteiger partial charge in [0, 0.05) is 17.1 Å². The first-order valence-electron chi connectivity index (χ1n) is 7.79. The summed E-state index contributed by atoms with van der Waals surface area (Å²) in [6.45, 7) is 0. The number of hydrogen-bond donors (Lipinski definition) is 0. The highest BCUT2D eigenvalue weighted by atomic mass is 32.1. The normalized spacial score (nSPS) is 11.4. The molecule has 0 saturated carbocycles. The number of benzene rings is 2. The van der Waals surface area contributed by atoms with E-state index >= 15 is 0 Å². The predicted octanol–water partition coefficient (Wildman–Crippen LogP) is 5.35. The molecule has 0 aliphatic heterocycles. The highest BCUT2D eigenvalue weighted by Gasteiger charge is 2.19. The lowest BCUT2D eigenvalue weighted by Crippen LogP contribution is -1.87. The molecular weight excluding hydrogens is 350 g/mol. The molecule has 2 aromatic carbocycles. The molecule has 0 spiro atoms. The molecule has 3 heterocycles. The fourth-order valence-corrected chi connectivity index (χ4v) is 4.64. The lowest BCUT2D eigenvalue weighted by atomic mass is 10.1. The molecule has 5 aromatic rings. The molecule has 0 aliphatic carbocycles. The molecule has 0 radical (unpaired) electrons. The van der Waals surface area contributed by atoms with Gasteiger partial charge in [0.1, 0.15) is 22.1 Å². The van der Waals surface area contributed by atoms with Gasteiger partial charge in [0.05, 0.1) is 17.3 Å². The van der Waals surface area contributed by atoms with Gasteiger partial charge in [-0.05, 0) is 36.4 Å². The second-order valence-corrected chi connectivity index (χ2v) is 7.48. The molecule has 25 heavy (non-hydrogen) atoms. The van der Waals surface area contributed by atoms with Crippen LogP contribution >= 0.6 is 22.7 Å². The fraction of sp³-hybridized carbons (Fsp3) is 0.0526. The third-order valence-corrected chi connectivity index (χ3v) is 5.92. The molecule has 122 valence electrons. The Kier molecular flexibility index (Phi) is 3.33. The largest absolute Gasteiger partial charge is 0.497 e. The van der Waals surface area contributed by atoms with Gasteiger partial charge in [-0.2, -0.15) is 0 Å². The summed E-state index contributed by atoms with van der Waals surface area (Å²) in [6.07, 6.45) is 2.06. The van der Waals surface area contributed by atoms with Crippen molar-refractivity contribution in [1.82, 2.24) is 14.4 Å². The van der Waals surface area contributed by atoms with Crippen LogP contribution in [0.1, 0.15) is 0 Å². The number of para-hydroxylation sites is 1. The number of rotatable bonds is 3. The van der Waals surface area contributed by atoms with Gasteiger partial charge in [-0.25, -0.2) is 9.97 Å². The first-order valence-corrected chi connectivity index (χ1v) is 9.49. The standard InChI is InChI=1S/C19H13N3OS2/c1-23-13-8-6-12(7-9-13)16-17(22-10-11-24-19(22)21-16)18-20-14-4-2-3-5-15(14)25-18/h2-11H,1H3. The van der Waals surface area contributed by atoms with Crippen LogP contribution in [0.15, 0.2) is 60.1 Å². The maximum atomic E-state index is 5.27. The Hall–Kier alpha value is -2.70.